The molecule has 0 fully saturated rings. The van der Waals surface area contributed by atoms with Gasteiger partial charge in [0.05, 0.1) is 5.75 Å². The summed E-state index contributed by atoms with van der Waals surface area (Å²) >= 11 is 1.39. The quantitative estimate of drug-likeness (QED) is 0.413. The second-order valence-electron chi connectivity index (χ2n) is 6.08. The highest BCUT2D eigenvalue weighted by Gasteiger charge is 2.15. The number of hydrogen-bond donors (Lipinski definition) is 1. The van der Waals surface area contributed by atoms with Gasteiger partial charge in [-0.05, 0) is 25.5 Å². The van der Waals surface area contributed by atoms with E-state index in [1.165, 1.54) is 11.8 Å². The van der Waals surface area contributed by atoms with Crippen LogP contribution in [-0.2, 0) is 16.1 Å². The maximum Gasteiger partial charge on any atom is 0.234 e. The second-order valence-corrected chi connectivity index (χ2v) is 7.02. The van der Waals surface area contributed by atoms with Crippen LogP contribution in [0.2, 0.25) is 0 Å². The van der Waals surface area contributed by atoms with Crippen molar-refractivity contribution in [2.75, 3.05) is 24.3 Å². The van der Waals surface area contributed by atoms with Crippen molar-refractivity contribution in [1.29, 1.82) is 0 Å². The topological polar surface area (TPSA) is 69.0 Å². The number of amides is 1. The Morgan fingerprint density at radius 3 is 2.50 bits per heavy atom. The first-order chi connectivity index (χ1) is 13.8. The summed E-state index contributed by atoms with van der Waals surface area (Å²) in [6.45, 7) is 4.11. The predicted octanol–water partition coefficient (Wildman–Crippen LogP) is 4.10. The van der Waals surface area contributed by atoms with Crippen LogP contribution in [0.5, 0.6) is 0 Å². The number of thioether (sulfide) groups is 1. The number of benzene rings is 2. The zero-order chi connectivity index (χ0) is 19.6. The van der Waals surface area contributed by atoms with Crippen molar-refractivity contribution in [1.82, 2.24) is 14.8 Å². The Balaban J connectivity index is 1.68. The molecule has 0 aliphatic heterocycles. The Labute approximate surface area is 169 Å². The molecule has 1 N–H and O–H groups in total. The number of para-hydroxylation sites is 1. The van der Waals surface area contributed by atoms with E-state index in [1.807, 2.05) is 67.6 Å². The molecule has 0 unspecified atom stereocenters. The Morgan fingerprint density at radius 1 is 1.07 bits per heavy atom. The fourth-order valence-electron chi connectivity index (χ4n) is 2.72. The molecule has 0 saturated carbocycles. The normalized spacial score (nSPS) is 10.8. The van der Waals surface area contributed by atoms with Crippen molar-refractivity contribution in [3.63, 3.8) is 0 Å². The summed E-state index contributed by atoms with van der Waals surface area (Å²) in [5.41, 5.74) is 1.79. The number of anilines is 1. The molecule has 7 heteroatoms. The summed E-state index contributed by atoms with van der Waals surface area (Å²) in [7, 11) is 0. The summed E-state index contributed by atoms with van der Waals surface area (Å²) < 4.78 is 7.52. The monoisotopic (exact) mass is 396 g/mol. The third-order valence-corrected chi connectivity index (χ3v) is 4.98. The fourth-order valence-corrected chi connectivity index (χ4v) is 3.48. The molecule has 0 bridgehead atoms. The van der Waals surface area contributed by atoms with Crippen molar-refractivity contribution in [2.24, 2.45) is 0 Å². The van der Waals surface area contributed by atoms with Crippen LogP contribution >= 0.6 is 11.8 Å². The van der Waals surface area contributed by atoms with E-state index in [4.69, 9.17) is 4.74 Å². The molecule has 3 rings (SSSR count). The van der Waals surface area contributed by atoms with E-state index in [9.17, 15) is 4.79 Å². The van der Waals surface area contributed by atoms with E-state index >= 15 is 0 Å². The second kappa shape index (κ2) is 10.6. The Bertz CT molecular complexity index is 869. The van der Waals surface area contributed by atoms with Crippen LogP contribution in [0.25, 0.3) is 11.4 Å². The van der Waals surface area contributed by atoms with Gasteiger partial charge in [0.1, 0.15) is 0 Å². The summed E-state index contributed by atoms with van der Waals surface area (Å²) in [5, 5.41) is 12.3. The van der Waals surface area contributed by atoms with Crippen LogP contribution in [0.15, 0.2) is 65.8 Å². The van der Waals surface area contributed by atoms with E-state index < -0.39 is 0 Å². The molecule has 0 radical (unpaired) electrons. The van der Waals surface area contributed by atoms with Crippen LogP contribution in [-0.4, -0.2) is 39.6 Å². The molecule has 6 nitrogen and oxygen atoms in total. The Kier molecular flexibility index (Phi) is 7.63. The van der Waals surface area contributed by atoms with Crippen LogP contribution in [0.4, 0.5) is 5.69 Å². The number of carbonyl (C=O) groups excluding carboxylic acids is 1. The number of ether oxygens (including phenoxy) is 1. The molecule has 1 aromatic heterocycles. The van der Waals surface area contributed by atoms with Crippen LogP contribution in [0.3, 0.4) is 0 Å². The molecule has 1 heterocycles. The van der Waals surface area contributed by atoms with Crippen LogP contribution in [0.1, 0.15) is 13.3 Å². The minimum atomic E-state index is -0.0682. The van der Waals surface area contributed by atoms with Gasteiger partial charge in [-0.25, -0.2) is 0 Å². The molecule has 0 spiro atoms. The number of nitrogens with zero attached hydrogens (tertiary/aromatic N) is 3. The molecule has 0 aliphatic rings. The summed E-state index contributed by atoms with van der Waals surface area (Å²) in [6, 6.07) is 19.4. The summed E-state index contributed by atoms with van der Waals surface area (Å²) in [4.78, 5) is 12.3. The minimum Gasteiger partial charge on any atom is -0.382 e. The van der Waals surface area contributed by atoms with Gasteiger partial charge in [-0.3, -0.25) is 4.79 Å². The molecular weight excluding hydrogens is 372 g/mol. The van der Waals surface area contributed by atoms with Gasteiger partial charge in [0.15, 0.2) is 11.0 Å². The fraction of sp³-hybridized carbons (Fsp3) is 0.286. The lowest BCUT2D eigenvalue weighted by atomic mass is 10.2. The number of carbonyl (C=O) groups is 1. The maximum atomic E-state index is 12.3. The Morgan fingerprint density at radius 2 is 1.79 bits per heavy atom. The summed E-state index contributed by atoms with van der Waals surface area (Å²) in [6.07, 6.45) is 0.857. The van der Waals surface area contributed by atoms with Crippen molar-refractivity contribution < 1.29 is 9.53 Å². The van der Waals surface area contributed by atoms with Gasteiger partial charge in [0, 0.05) is 31.0 Å². The molecule has 1 amide bonds. The van der Waals surface area contributed by atoms with Crippen LogP contribution in [0, 0.1) is 0 Å². The average Bonchev–Trinajstić information content (AvgIpc) is 3.14. The molecule has 3 aromatic rings. The first-order valence-electron chi connectivity index (χ1n) is 9.32. The third kappa shape index (κ3) is 5.68. The number of rotatable bonds is 10. The van der Waals surface area contributed by atoms with Gasteiger partial charge in [0.25, 0.3) is 0 Å². The molecule has 0 aliphatic carbocycles. The van der Waals surface area contributed by atoms with Crippen molar-refractivity contribution >= 4 is 23.4 Å². The van der Waals surface area contributed by atoms with Gasteiger partial charge in [0.2, 0.25) is 5.91 Å². The van der Waals surface area contributed by atoms with Gasteiger partial charge >= 0.3 is 0 Å². The van der Waals surface area contributed by atoms with E-state index in [0.717, 1.165) is 35.2 Å². The SMILES string of the molecule is CCOCCCn1c(SCC(=O)Nc2ccccc2)nnc1-c1ccccc1. The highest BCUT2D eigenvalue weighted by molar-refractivity contribution is 7.99. The van der Waals surface area contributed by atoms with Crippen molar-refractivity contribution in [3.05, 3.63) is 60.7 Å². The van der Waals surface area contributed by atoms with E-state index in [0.29, 0.717) is 13.2 Å². The third-order valence-electron chi connectivity index (χ3n) is 4.01. The number of aromatic nitrogens is 3. The van der Waals surface area contributed by atoms with Crippen molar-refractivity contribution in [2.45, 2.75) is 25.0 Å². The standard InChI is InChI=1S/C21H24N4O2S/c1-2-27-15-9-14-25-20(17-10-5-3-6-11-17)23-24-21(25)28-16-19(26)22-18-12-7-4-8-13-18/h3-8,10-13H,2,9,14-16H2,1H3,(H,22,26). The van der Waals surface area contributed by atoms with Gasteiger partial charge in [-0.2, -0.15) is 0 Å². The highest BCUT2D eigenvalue weighted by atomic mass is 32.2. The molecular formula is C21H24N4O2S. The number of hydrogen-bond acceptors (Lipinski definition) is 5. The molecule has 28 heavy (non-hydrogen) atoms. The zero-order valence-electron chi connectivity index (χ0n) is 15.9. The van der Waals surface area contributed by atoms with Gasteiger partial charge < -0.3 is 14.6 Å². The first kappa shape index (κ1) is 20.1. The van der Waals surface area contributed by atoms with Crippen molar-refractivity contribution in [3.8, 4) is 11.4 Å². The largest absolute Gasteiger partial charge is 0.382 e. The smallest absolute Gasteiger partial charge is 0.234 e. The lowest BCUT2D eigenvalue weighted by Crippen LogP contribution is -2.14. The number of nitrogens with one attached hydrogen (secondary N) is 1. The maximum absolute atomic E-state index is 12.3. The van der Waals surface area contributed by atoms with E-state index in [1.54, 1.807) is 0 Å². The lowest BCUT2D eigenvalue weighted by molar-refractivity contribution is -0.113. The molecule has 0 saturated heterocycles. The zero-order valence-corrected chi connectivity index (χ0v) is 16.7. The van der Waals surface area contributed by atoms with Crippen LogP contribution < -0.4 is 5.32 Å². The lowest BCUT2D eigenvalue weighted by Gasteiger charge is -2.10. The highest BCUT2D eigenvalue weighted by Crippen LogP contribution is 2.24. The minimum absolute atomic E-state index is 0.0682. The van der Waals surface area contributed by atoms with E-state index in [2.05, 4.69) is 20.1 Å². The first-order valence-corrected chi connectivity index (χ1v) is 10.3. The van der Waals surface area contributed by atoms with Gasteiger partial charge in [-0.15, -0.1) is 10.2 Å². The molecule has 2 aromatic carbocycles. The summed E-state index contributed by atoms with van der Waals surface area (Å²) in [5.74, 6) is 1.01. The average molecular weight is 397 g/mol. The predicted molar refractivity (Wildman–Crippen MR) is 112 cm³/mol. The Hall–Kier alpha value is -2.64. The van der Waals surface area contributed by atoms with Gasteiger partial charge in [-0.1, -0.05) is 60.3 Å². The van der Waals surface area contributed by atoms with E-state index in [-0.39, 0.29) is 11.7 Å². The molecule has 146 valence electrons. The molecule has 0 atom stereocenters.